The van der Waals surface area contributed by atoms with Crippen LogP contribution in [-0.4, -0.2) is 29.0 Å². The summed E-state index contributed by atoms with van der Waals surface area (Å²) in [7, 11) is 0. The van der Waals surface area contributed by atoms with E-state index in [9.17, 15) is 4.79 Å². The summed E-state index contributed by atoms with van der Waals surface area (Å²) in [5.41, 5.74) is 1.40. The van der Waals surface area contributed by atoms with Gasteiger partial charge in [-0.15, -0.1) is 6.58 Å². The lowest BCUT2D eigenvalue weighted by Crippen LogP contribution is -2.26. The molecule has 1 aromatic heterocycles. The van der Waals surface area contributed by atoms with Crippen LogP contribution in [0.25, 0.3) is 0 Å². The van der Waals surface area contributed by atoms with E-state index in [1.165, 1.54) is 12.4 Å². The van der Waals surface area contributed by atoms with Gasteiger partial charge in [-0.2, -0.15) is 0 Å². The summed E-state index contributed by atoms with van der Waals surface area (Å²) in [5.74, 6) is 0.370. The normalized spacial score (nSPS) is 10.0. The van der Waals surface area contributed by atoms with Crippen LogP contribution in [0.5, 0.6) is 0 Å². The second kappa shape index (κ2) is 8.14. The topological polar surface area (TPSA) is 66.9 Å². The van der Waals surface area contributed by atoms with E-state index in [1.807, 2.05) is 24.3 Å². The fraction of sp³-hybridized carbons (Fsp3) is 0.188. The minimum absolute atomic E-state index is 0.239. The standard InChI is InChI=1S/C16H17ClN4O/c1-2-8-18-15-11-20-14(10-21-15)16(22)19-9-7-12-3-5-13(17)6-4-12/h2-6,10-11H,1,7-9H2,(H,18,21)(H,19,22). The number of carbonyl (C=O) groups excluding carboxylic acids is 1. The van der Waals surface area contributed by atoms with Crippen molar-refractivity contribution in [2.24, 2.45) is 0 Å². The third-order valence-electron chi connectivity index (χ3n) is 2.92. The van der Waals surface area contributed by atoms with Gasteiger partial charge >= 0.3 is 0 Å². The Balaban J connectivity index is 1.81. The Morgan fingerprint density at radius 3 is 2.64 bits per heavy atom. The van der Waals surface area contributed by atoms with Crippen molar-refractivity contribution in [3.05, 3.63) is 65.6 Å². The molecule has 0 spiro atoms. The molecule has 2 N–H and O–H groups in total. The Labute approximate surface area is 134 Å². The van der Waals surface area contributed by atoms with E-state index in [0.29, 0.717) is 29.6 Å². The number of halogens is 1. The molecule has 0 atom stereocenters. The lowest BCUT2D eigenvalue weighted by molar-refractivity contribution is 0.0949. The minimum Gasteiger partial charge on any atom is -0.365 e. The number of hydrogen-bond donors (Lipinski definition) is 2. The van der Waals surface area contributed by atoms with Gasteiger partial charge in [-0.1, -0.05) is 29.8 Å². The van der Waals surface area contributed by atoms with Crippen LogP contribution in [0.1, 0.15) is 16.1 Å². The highest BCUT2D eigenvalue weighted by Crippen LogP contribution is 2.09. The van der Waals surface area contributed by atoms with E-state index < -0.39 is 0 Å². The second-order valence-electron chi connectivity index (χ2n) is 4.59. The Bertz CT molecular complexity index is 626. The van der Waals surface area contributed by atoms with Gasteiger partial charge in [-0.3, -0.25) is 4.79 Å². The molecule has 0 aliphatic rings. The van der Waals surface area contributed by atoms with Crippen LogP contribution in [0.3, 0.4) is 0 Å². The average molecular weight is 317 g/mol. The fourth-order valence-corrected chi connectivity index (χ4v) is 1.90. The molecule has 2 rings (SSSR count). The first-order chi connectivity index (χ1) is 10.7. The minimum atomic E-state index is -0.239. The van der Waals surface area contributed by atoms with Gasteiger partial charge in [-0.25, -0.2) is 9.97 Å². The van der Waals surface area contributed by atoms with Gasteiger partial charge in [0.1, 0.15) is 11.5 Å². The molecule has 0 bridgehead atoms. The lowest BCUT2D eigenvalue weighted by atomic mass is 10.1. The van der Waals surface area contributed by atoms with Crippen molar-refractivity contribution in [2.45, 2.75) is 6.42 Å². The number of anilines is 1. The smallest absolute Gasteiger partial charge is 0.271 e. The van der Waals surface area contributed by atoms with E-state index in [0.717, 1.165) is 12.0 Å². The molecule has 0 saturated carbocycles. The number of aromatic nitrogens is 2. The maximum Gasteiger partial charge on any atom is 0.271 e. The average Bonchev–Trinajstić information content (AvgIpc) is 2.55. The molecule has 22 heavy (non-hydrogen) atoms. The summed E-state index contributed by atoms with van der Waals surface area (Å²) < 4.78 is 0. The molecule has 0 fully saturated rings. The SMILES string of the molecule is C=CCNc1cnc(C(=O)NCCc2ccc(Cl)cc2)cn1. The van der Waals surface area contributed by atoms with Gasteiger partial charge in [-0.05, 0) is 24.1 Å². The molecule has 2 aromatic rings. The molecule has 1 aromatic carbocycles. The third-order valence-corrected chi connectivity index (χ3v) is 3.18. The molecule has 0 aliphatic heterocycles. The monoisotopic (exact) mass is 316 g/mol. The molecule has 0 aliphatic carbocycles. The Kier molecular flexibility index (Phi) is 5.91. The van der Waals surface area contributed by atoms with Crippen LogP contribution < -0.4 is 10.6 Å². The molecular weight excluding hydrogens is 300 g/mol. The number of benzene rings is 1. The zero-order chi connectivity index (χ0) is 15.8. The zero-order valence-corrected chi connectivity index (χ0v) is 12.8. The number of rotatable bonds is 7. The zero-order valence-electron chi connectivity index (χ0n) is 12.1. The van der Waals surface area contributed by atoms with Crippen molar-refractivity contribution in [3.8, 4) is 0 Å². The molecule has 1 heterocycles. The molecule has 5 nitrogen and oxygen atoms in total. The Morgan fingerprint density at radius 1 is 1.23 bits per heavy atom. The quantitative estimate of drug-likeness (QED) is 0.771. The van der Waals surface area contributed by atoms with Crippen LogP contribution in [0.4, 0.5) is 5.82 Å². The Hall–Kier alpha value is -2.40. The summed E-state index contributed by atoms with van der Waals surface area (Å²) >= 11 is 5.83. The first-order valence-corrected chi connectivity index (χ1v) is 7.26. The highest BCUT2D eigenvalue weighted by atomic mass is 35.5. The predicted molar refractivity (Wildman–Crippen MR) is 88.2 cm³/mol. The van der Waals surface area contributed by atoms with Crippen molar-refractivity contribution < 1.29 is 4.79 Å². The van der Waals surface area contributed by atoms with Crippen molar-refractivity contribution in [1.82, 2.24) is 15.3 Å². The van der Waals surface area contributed by atoms with Crippen LogP contribution in [0, 0.1) is 0 Å². The molecule has 0 radical (unpaired) electrons. The summed E-state index contributed by atoms with van der Waals surface area (Å²) in [6.07, 6.45) is 5.43. The van der Waals surface area contributed by atoms with Gasteiger partial charge in [0.15, 0.2) is 0 Å². The summed E-state index contributed by atoms with van der Waals surface area (Å²) in [6, 6.07) is 7.54. The second-order valence-corrected chi connectivity index (χ2v) is 5.03. The third kappa shape index (κ3) is 4.86. The molecule has 114 valence electrons. The molecule has 0 saturated heterocycles. The first-order valence-electron chi connectivity index (χ1n) is 6.88. The van der Waals surface area contributed by atoms with E-state index in [-0.39, 0.29) is 5.91 Å². The van der Waals surface area contributed by atoms with Gasteiger partial charge in [0.05, 0.1) is 12.4 Å². The molecule has 6 heteroatoms. The lowest BCUT2D eigenvalue weighted by Gasteiger charge is -2.06. The Morgan fingerprint density at radius 2 is 2.00 bits per heavy atom. The molecule has 0 unspecified atom stereocenters. The van der Waals surface area contributed by atoms with Crippen LogP contribution in [0.15, 0.2) is 49.3 Å². The van der Waals surface area contributed by atoms with Crippen molar-refractivity contribution in [2.75, 3.05) is 18.4 Å². The van der Waals surface area contributed by atoms with Gasteiger partial charge in [0.25, 0.3) is 5.91 Å². The first kappa shape index (κ1) is 16.0. The van der Waals surface area contributed by atoms with E-state index in [2.05, 4.69) is 27.2 Å². The predicted octanol–water partition coefficient (Wildman–Crippen LogP) is 2.70. The number of hydrogen-bond acceptors (Lipinski definition) is 4. The van der Waals surface area contributed by atoms with Gasteiger partial charge in [0.2, 0.25) is 0 Å². The number of nitrogens with one attached hydrogen (secondary N) is 2. The largest absolute Gasteiger partial charge is 0.365 e. The van der Waals surface area contributed by atoms with Crippen molar-refractivity contribution >= 4 is 23.3 Å². The fourth-order valence-electron chi connectivity index (χ4n) is 1.78. The van der Waals surface area contributed by atoms with Crippen LogP contribution in [0.2, 0.25) is 5.02 Å². The van der Waals surface area contributed by atoms with Gasteiger partial charge < -0.3 is 10.6 Å². The summed E-state index contributed by atoms with van der Waals surface area (Å²) in [5, 5.41) is 6.51. The van der Waals surface area contributed by atoms with Gasteiger partial charge in [0, 0.05) is 18.1 Å². The number of carbonyl (C=O) groups is 1. The van der Waals surface area contributed by atoms with Crippen LogP contribution >= 0.6 is 11.6 Å². The van der Waals surface area contributed by atoms with E-state index >= 15 is 0 Å². The summed E-state index contributed by atoms with van der Waals surface area (Å²) in [4.78, 5) is 20.1. The highest BCUT2D eigenvalue weighted by Gasteiger charge is 2.07. The maximum atomic E-state index is 11.9. The highest BCUT2D eigenvalue weighted by molar-refractivity contribution is 6.30. The summed E-state index contributed by atoms with van der Waals surface area (Å²) in [6.45, 7) is 4.73. The van der Waals surface area contributed by atoms with Crippen molar-refractivity contribution in [1.29, 1.82) is 0 Å². The maximum absolute atomic E-state index is 11.9. The number of nitrogens with zero attached hydrogens (tertiary/aromatic N) is 2. The van der Waals surface area contributed by atoms with E-state index in [1.54, 1.807) is 6.08 Å². The van der Waals surface area contributed by atoms with Crippen LogP contribution in [-0.2, 0) is 6.42 Å². The van der Waals surface area contributed by atoms with Crippen molar-refractivity contribution in [3.63, 3.8) is 0 Å². The molecular formula is C16H17ClN4O. The van der Waals surface area contributed by atoms with E-state index in [4.69, 9.17) is 11.6 Å². The molecule has 1 amide bonds. The number of amides is 1.